The minimum Gasteiger partial charge on any atom is -0.500 e. The van der Waals surface area contributed by atoms with E-state index in [2.05, 4.69) is 5.32 Å². The van der Waals surface area contributed by atoms with E-state index in [0.717, 1.165) is 31.4 Å². The molecular weight excluding hydrogens is 248 g/mol. The molecule has 0 atom stereocenters. The molecule has 1 aromatic carbocycles. The van der Waals surface area contributed by atoms with Gasteiger partial charge in [0.1, 0.15) is 0 Å². The Kier molecular flexibility index (Phi) is 3.61. The molecule has 0 saturated heterocycles. The van der Waals surface area contributed by atoms with E-state index in [1.54, 1.807) is 6.07 Å². The Morgan fingerprint density at radius 3 is 2.63 bits per heavy atom. The lowest BCUT2D eigenvalue weighted by molar-refractivity contribution is -0.386. The molecule has 0 heterocycles. The van der Waals surface area contributed by atoms with Gasteiger partial charge in [0.25, 0.3) is 0 Å². The Morgan fingerprint density at radius 1 is 1.53 bits per heavy atom. The van der Waals surface area contributed by atoms with Crippen LogP contribution in [-0.2, 0) is 5.41 Å². The van der Waals surface area contributed by atoms with Crippen molar-refractivity contribution in [2.24, 2.45) is 0 Å². The second kappa shape index (κ2) is 5.05. The zero-order valence-corrected chi connectivity index (χ0v) is 11.1. The Balaban J connectivity index is 2.51. The first-order valence-electron chi connectivity index (χ1n) is 6.24. The van der Waals surface area contributed by atoms with Crippen LogP contribution in [0.2, 0.25) is 0 Å². The summed E-state index contributed by atoms with van der Waals surface area (Å²) in [7, 11) is 3.26. The number of benzene rings is 1. The van der Waals surface area contributed by atoms with Crippen LogP contribution in [0.3, 0.4) is 0 Å². The number of methoxy groups -OCH3 is 1. The van der Waals surface area contributed by atoms with Crippen LogP contribution in [0.15, 0.2) is 12.1 Å². The van der Waals surface area contributed by atoms with E-state index in [1.165, 1.54) is 13.2 Å². The monoisotopic (exact) mass is 266 g/mol. The lowest BCUT2D eigenvalue weighted by Crippen LogP contribution is -2.42. The van der Waals surface area contributed by atoms with Gasteiger partial charge in [-0.25, -0.2) is 0 Å². The van der Waals surface area contributed by atoms with Crippen molar-refractivity contribution in [1.82, 2.24) is 5.32 Å². The summed E-state index contributed by atoms with van der Waals surface area (Å²) in [5.74, 6) is -0.248. The second-order valence-electron chi connectivity index (χ2n) is 4.97. The summed E-state index contributed by atoms with van der Waals surface area (Å²) in [6, 6.07) is 3.17. The Labute approximate surface area is 111 Å². The van der Waals surface area contributed by atoms with Gasteiger partial charge in [-0.2, -0.15) is 0 Å². The summed E-state index contributed by atoms with van der Waals surface area (Å²) >= 11 is 0. The molecule has 0 spiro atoms. The molecule has 0 aromatic heterocycles. The molecular formula is C13H18N2O4. The van der Waals surface area contributed by atoms with E-state index < -0.39 is 10.7 Å². The van der Waals surface area contributed by atoms with Crippen molar-refractivity contribution in [2.45, 2.75) is 24.7 Å². The molecule has 0 amide bonds. The fourth-order valence-corrected chi connectivity index (χ4v) is 2.70. The molecule has 2 N–H and O–H groups in total. The summed E-state index contributed by atoms with van der Waals surface area (Å²) in [6.07, 6.45) is 3.08. The Bertz CT molecular complexity index is 498. The van der Waals surface area contributed by atoms with Gasteiger partial charge in [0.05, 0.1) is 12.0 Å². The molecule has 0 aliphatic heterocycles. The summed E-state index contributed by atoms with van der Waals surface area (Å²) in [6.45, 7) is 0.762. The summed E-state index contributed by atoms with van der Waals surface area (Å²) < 4.78 is 5.04. The van der Waals surface area contributed by atoms with Crippen LogP contribution in [0.25, 0.3) is 0 Å². The molecule has 0 radical (unpaired) electrons. The van der Waals surface area contributed by atoms with Gasteiger partial charge >= 0.3 is 5.69 Å². The van der Waals surface area contributed by atoms with Gasteiger partial charge < -0.3 is 15.2 Å². The molecule has 1 fully saturated rings. The number of ether oxygens (including phenoxy) is 1. The largest absolute Gasteiger partial charge is 0.500 e. The molecule has 19 heavy (non-hydrogen) atoms. The maximum Gasteiger partial charge on any atom is 0.314 e. The number of phenolic OH excluding ortho intramolecular Hbond substituents is 1. The highest BCUT2D eigenvalue weighted by Gasteiger charge is 2.40. The average molecular weight is 266 g/mol. The van der Waals surface area contributed by atoms with Crippen molar-refractivity contribution < 1.29 is 14.8 Å². The van der Waals surface area contributed by atoms with Gasteiger partial charge in [-0.1, -0.05) is 6.42 Å². The van der Waals surface area contributed by atoms with E-state index >= 15 is 0 Å². The van der Waals surface area contributed by atoms with Gasteiger partial charge in [0.15, 0.2) is 5.75 Å². The molecule has 6 heteroatoms. The van der Waals surface area contributed by atoms with Crippen molar-refractivity contribution >= 4 is 5.69 Å². The number of aromatic hydroxyl groups is 1. The van der Waals surface area contributed by atoms with Crippen LogP contribution in [0, 0.1) is 10.1 Å². The zero-order valence-electron chi connectivity index (χ0n) is 11.1. The number of nitrogens with one attached hydrogen (secondary N) is 1. The Hall–Kier alpha value is -1.82. The molecule has 1 aliphatic carbocycles. The van der Waals surface area contributed by atoms with Crippen molar-refractivity contribution in [3.8, 4) is 11.5 Å². The third kappa shape index (κ3) is 2.23. The number of phenols is 1. The van der Waals surface area contributed by atoms with Crippen LogP contribution in [0.4, 0.5) is 5.69 Å². The SMILES string of the molecule is CNCC1(c2cc(OC)c(O)c([N+](=O)[O-])c2)CCC1. The topological polar surface area (TPSA) is 84.6 Å². The molecule has 0 bridgehead atoms. The van der Waals surface area contributed by atoms with Crippen LogP contribution in [-0.4, -0.2) is 30.7 Å². The van der Waals surface area contributed by atoms with Crippen molar-refractivity contribution in [3.05, 3.63) is 27.8 Å². The standard InChI is InChI=1S/C13H18N2O4/c1-14-8-13(4-3-5-13)9-6-10(15(17)18)12(16)11(7-9)19-2/h6-7,14,16H,3-5,8H2,1-2H3. The number of nitro groups is 1. The number of likely N-dealkylation sites (N-methyl/N-ethyl adjacent to an activating group) is 1. The van der Waals surface area contributed by atoms with Crippen LogP contribution in [0.1, 0.15) is 24.8 Å². The van der Waals surface area contributed by atoms with Crippen molar-refractivity contribution in [1.29, 1.82) is 0 Å². The third-order valence-corrected chi connectivity index (χ3v) is 3.91. The van der Waals surface area contributed by atoms with Gasteiger partial charge in [0, 0.05) is 18.0 Å². The first-order chi connectivity index (χ1) is 9.04. The summed E-state index contributed by atoms with van der Waals surface area (Å²) in [5.41, 5.74) is 0.478. The molecule has 2 rings (SSSR count). The van der Waals surface area contributed by atoms with E-state index in [1.807, 2.05) is 7.05 Å². The quantitative estimate of drug-likeness (QED) is 0.628. The van der Waals surface area contributed by atoms with Crippen LogP contribution < -0.4 is 10.1 Å². The van der Waals surface area contributed by atoms with Gasteiger partial charge in [-0.3, -0.25) is 10.1 Å². The predicted octanol–water partition coefficient (Wildman–Crippen LogP) is 1.95. The van der Waals surface area contributed by atoms with E-state index in [0.29, 0.717) is 0 Å². The highest BCUT2D eigenvalue weighted by Crippen LogP contribution is 2.47. The number of rotatable bonds is 5. The second-order valence-corrected chi connectivity index (χ2v) is 4.97. The van der Waals surface area contributed by atoms with Crippen LogP contribution >= 0.6 is 0 Å². The van der Waals surface area contributed by atoms with Crippen molar-refractivity contribution in [3.63, 3.8) is 0 Å². The van der Waals surface area contributed by atoms with E-state index in [4.69, 9.17) is 4.74 Å². The van der Waals surface area contributed by atoms with Gasteiger partial charge in [-0.15, -0.1) is 0 Å². The predicted molar refractivity (Wildman–Crippen MR) is 70.8 cm³/mol. The molecule has 104 valence electrons. The minimum atomic E-state index is -0.576. The maximum atomic E-state index is 11.0. The molecule has 1 saturated carbocycles. The zero-order chi connectivity index (χ0) is 14.0. The smallest absolute Gasteiger partial charge is 0.314 e. The average Bonchev–Trinajstić information content (AvgIpc) is 2.34. The van der Waals surface area contributed by atoms with Crippen molar-refractivity contribution in [2.75, 3.05) is 20.7 Å². The fraction of sp³-hybridized carbons (Fsp3) is 0.538. The summed E-state index contributed by atoms with van der Waals surface area (Å²) in [5, 5.41) is 23.9. The normalized spacial score (nSPS) is 16.7. The summed E-state index contributed by atoms with van der Waals surface area (Å²) in [4.78, 5) is 10.4. The number of nitrogens with zero attached hydrogens (tertiary/aromatic N) is 1. The van der Waals surface area contributed by atoms with E-state index in [9.17, 15) is 15.2 Å². The maximum absolute atomic E-state index is 11.0. The van der Waals surface area contributed by atoms with Gasteiger partial charge in [0.2, 0.25) is 5.75 Å². The number of hydrogen-bond acceptors (Lipinski definition) is 5. The fourth-order valence-electron chi connectivity index (χ4n) is 2.70. The molecule has 1 aromatic rings. The lowest BCUT2D eigenvalue weighted by Gasteiger charge is -2.42. The Morgan fingerprint density at radius 2 is 2.21 bits per heavy atom. The van der Waals surface area contributed by atoms with E-state index in [-0.39, 0.29) is 16.9 Å². The minimum absolute atomic E-state index is 0.0828. The lowest BCUT2D eigenvalue weighted by atomic mass is 9.64. The number of hydrogen-bond donors (Lipinski definition) is 2. The van der Waals surface area contributed by atoms with Crippen LogP contribution in [0.5, 0.6) is 11.5 Å². The highest BCUT2D eigenvalue weighted by atomic mass is 16.6. The first kappa shape index (κ1) is 13.6. The van der Waals surface area contributed by atoms with Gasteiger partial charge in [-0.05, 0) is 31.5 Å². The number of nitro benzene ring substituents is 1. The third-order valence-electron chi connectivity index (χ3n) is 3.91. The molecule has 1 aliphatic rings. The molecule has 0 unspecified atom stereocenters. The highest BCUT2D eigenvalue weighted by molar-refractivity contribution is 5.58. The molecule has 6 nitrogen and oxygen atoms in total. The first-order valence-corrected chi connectivity index (χ1v) is 6.24.